The predicted octanol–water partition coefficient (Wildman–Crippen LogP) is 3.37. The van der Waals surface area contributed by atoms with Crippen molar-refractivity contribution in [3.63, 3.8) is 0 Å². The van der Waals surface area contributed by atoms with E-state index < -0.39 is 24.0 Å². The summed E-state index contributed by atoms with van der Waals surface area (Å²) in [6.07, 6.45) is -3.26. The largest absolute Gasteiger partial charge is 0.464 e. The van der Waals surface area contributed by atoms with Crippen molar-refractivity contribution in [2.24, 2.45) is 5.92 Å². The van der Waals surface area contributed by atoms with Crippen molar-refractivity contribution in [2.75, 3.05) is 31.6 Å². The van der Waals surface area contributed by atoms with E-state index in [-0.39, 0.29) is 36.7 Å². The molecule has 2 aromatic rings. The van der Waals surface area contributed by atoms with E-state index >= 15 is 0 Å². The average Bonchev–Trinajstić information content (AvgIpc) is 3.34. The lowest BCUT2D eigenvalue weighted by Crippen LogP contribution is -2.47. The van der Waals surface area contributed by atoms with Crippen molar-refractivity contribution in [1.29, 1.82) is 0 Å². The van der Waals surface area contributed by atoms with Crippen molar-refractivity contribution in [2.45, 2.75) is 58.3 Å². The summed E-state index contributed by atoms with van der Waals surface area (Å²) in [5, 5.41) is 10.1. The van der Waals surface area contributed by atoms with Gasteiger partial charge in [-0.1, -0.05) is 0 Å². The Labute approximate surface area is 200 Å². The Bertz CT molecular complexity index is 1060. The first-order valence-electron chi connectivity index (χ1n) is 11.6. The first-order chi connectivity index (χ1) is 16.6. The van der Waals surface area contributed by atoms with Crippen LogP contribution in [0.1, 0.15) is 44.9 Å². The summed E-state index contributed by atoms with van der Waals surface area (Å²) in [7, 11) is 0. The number of fused-ring (bicyclic) bond motifs is 1. The third-order valence-electron chi connectivity index (χ3n) is 6.61. The number of amides is 1. The molecule has 192 valence electrons. The molecule has 1 amide bonds. The molecule has 2 aromatic heterocycles. The lowest BCUT2D eigenvalue weighted by molar-refractivity contribution is -0.143. The molecule has 9 nitrogen and oxygen atoms in total. The molecule has 2 aliphatic heterocycles. The maximum absolute atomic E-state index is 14.3. The standard InChI is InChI=1S/C22H29F4N7O2/c1-4-35-21-27-9-14(23)19(29-21)28-18-13-10-33(22(2,3)16(13)30-31-18)20(34)12-5-7-32(8-6-12)11-15(24)17(25)26/h9,12,15,17H,4-8,10-11H2,1-3H3,(H2,27,28,29,30,31). The van der Waals surface area contributed by atoms with Gasteiger partial charge < -0.3 is 19.9 Å². The van der Waals surface area contributed by atoms with Gasteiger partial charge in [-0.2, -0.15) is 10.1 Å². The highest BCUT2D eigenvalue weighted by Gasteiger charge is 2.45. The molecule has 1 atom stereocenters. The molecular weight excluding hydrogens is 470 g/mol. The molecule has 0 radical (unpaired) electrons. The molecule has 35 heavy (non-hydrogen) atoms. The SMILES string of the molecule is CCOc1ncc(F)c(Nc2n[nH]c3c2CN(C(=O)C2CCN(CC(F)C(F)F)CC2)C3(C)C)n1. The van der Waals surface area contributed by atoms with Gasteiger partial charge in [0.2, 0.25) is 5.91 Å². The number of aromatic amines is 1. The first kappa shape index (κ1) is 25.1. The first-order valence-corrected chi connectivity index (χ1v) is 11.6. The van der Waals surface area contributed by atoms with Crippen LogP contribution in [0, 0.1) is 11.7 Å². The van der Waals surface area contributed by atoms with Gasteiger partial charge in [0.15, 0.2) is 23.6 Å². The van der Waals surface area contributed by atoms with Gasteiger partial charge in [-0.15, -0.1) is 0 Å². The van der Waals surface area contributed by atoms with Crippen LogP contribution in [0.4, 0.5) is 29.2 Å². The molecule has 1 saturated heterocycles. The minimum atomic E-state index is -3.01. The molecule has 0 saturated carbocycles. The van der Waals surface area contributed by atoms with E-state index in [4.69, 9.17) is 4.74 Å². The van der Waals surface area contributed by atoms with Gasteiger partial charge in [-0.05, 0) is 46.7 Å². The lowest BCUT2D eigenvalue weighted by atomic mass is 9.92. The van der Waals surface area contributed by atoms with Crippen LogP contribution < -0.4 is 10.1 Å². The summed E-state index contributed by atoms with van der Waals surface area (Å²) >= 11 is 0. The molecule has 2 aliphatic rings. The number of nitrogens with zero attached hydrogens (tertiary/aromatic N) is 5. The van der Waals surface area contributed by atoms with Gasteiger partial charge in [0.25, 0.3) is 6.43 Å². The molecular formula is C22H29F4N7O2. The minimum absolute atomic E-state index is 0.0275. The highest BCUT2D eigenvalue weighted by molar-refractivity contribution is 5.81. The number of anilines is 2. The Hall–Kier alpha value is -2.96. The second-order valence-corrected chi connectivity index (χ2v) is 9.24. The highest BCUT2D eigenvalue weighted by Crippen LogP contribution is 2.42. The third kappa shape index (κ3) is 5.04. The zero-order valence-electron chi connectivity index (χ0n) is 19.8. The molecule has 2 N–H and O–H groups in total. The monoisotopic (exact) mass is 499 g/mol. The Kier molecular flexibility index (Phi) is 7.15. The van der Waals surface area contributed by atoms with E-state index in [1.165, 1.54) is 0 Å². The van der Waals surface area contributed by atoms with E-state index in [1.54, 1.807) is 16.7 Å². The van der Waals surface area contributed by atoms with Gasteiger partial charge in [0.05, 0.1) is 30.6 Å². The molecule has 4 heterocycles. The average molecular weight is 500 g/mol. The molecule has 4 rings (SSSR count). The van der Waals surface area contributed by atoms with E-state index in [0.717, 1.165) is 11.9 Å². The van der Waals surface area contributed by atoms with E-state index in [1.807, 2.05) is 13.8 Å². The fraction of sp³-hybridized carbons (Fsp3) is 0.636. The number of halogens is 4. The quantitative estimate of drug-likeness (QED) is 0.538. The topological polar surface area (TPSA) is 99.3 Å². The second-order valence-electron chi connectivity index (χ2n) is 9.24. The molecule has 0 bridgehead atoms. The van der Waals surface area contributed by atoms with Gasteiger partial charge in [0, 0.05) is 18.0 Å². The summed E-state index contributed by atoms with van der Waals surface area (Å²) in [5.74, 6) is -0.786. The zero-order chi connectivity index (χ0) is 25.3. The summed E-state index contributed by atoms with van der Waals surface area (Å²) in [4.78, 5) is 24.6. The van der Waals surface area contributed by atoms with Gasteiger partial charge >= 0.3 is 6.01 Å². The minimum Gasteiger partial charge on any atom is -0.464 e. The Morgan fingerprint density at radius 2 is 2.00 bits per heavy atom. The summed E-state index contributed by atoms with van der Waals surface area (Å²) in [6, 6.07) is 0.0275. The summed E-state index contributed by atoms with van der Waals surface area (Å²) in [5.41, 5.74) is 0.744. The van der Waals surface area contributed by atoms with Crippen LogP contribution in [-0.2, 0) is 16.9 Å². The van der Waals surface area contributed by atoms with Crippen molar-refractivity contribution < 1.29 is 27.1 Å². The van der Waals surface area contributed by atoms with Gasteiger partial charge in [0.1, 0.15) is 0 Å². The van der Waals surface area contributed by atoms with Crippen LogP contribution in [0.2, 0.25) is 0 Å². The number of ether oxygens (including phenoxy) is 1. The number of aromatic nitrogens is 4. The maximum atomic E-state index is 14.3. The number of hydrogen-bond donors (Lipinski definition) is 2. The van der Waals surface area contributed by atoms with Crippen molar-refractivity contribution in [3.8, 4) is 6.01 Å². The molecule has 13 heteroatoms. The number of alkyl halides is 3. The Morgan fingerprint density at radius 3 is 2.66 bits per heavy atom. The van der Waals surface area contributed by atoms with Crippen LogP contribution in [-0.4, -0.2) is 74.7 Å². The maximum Gasteiger partial charge on any atom is 0.318 e. The van der Waals surface area contributed by atoms with Crippen LogP contribution in [0.25, 0.3) is 0 Å². The number of piperidine rings is 1. The van der Waals surface area contributed by atoms with E-state index in [2.05, 4.69) is 25.5 Å². The predicted molar refractivity (Wildman–Crippen MR) is 119 cm³/mol. The van der Waals surface area contributed by atoms with Crippen LogP contribution in [0.15, 0.2) is 6.20 Å². The van der Waals surface area contributed by atoms with Gasteiger partial charge in [-0.25, -0.2) is 22.5 Å². The van der Waals surface area contributed by atoms with Crippen LogP contribution >= 0.6 is 0 Å². The van der Waals surface area contributed by atoms with Crippen molar-refractivity contribution in [1.82, 2.24) is 30.0 Å². The summed E-state index contributed by atoms with van der Waals surface area (Å²) in [6.45, 7) is 6.56. The molecule has 0 spiro atoms. The fourth-order valence-electron chi connectivity index (χ4n) is 4.63. The van der Waals surface area contributed by atoms with Crippen molar-refractivity contribution >= 4 is 17.5 Å². The smallest absolute Gasteiger partial charge is 0.318 e. The highest BCUT2D eigenvalue weighted by atomic mass is 19.3. The second kappa shape index (κ2) is 9.96. The van der Waals surface area contributed by atoms with Crippen LogP contribution in [0.5, 0.6) is 6.01 Å². The van der Waals surface area contributed by atoms with E-state index in [0.29, 0.717) is 43.9 Å². The number of hydrogen-bond acceptors (Lipinski definition) is 7. The van der Waals surface area contributed by atoms with Gasteiger partial charge in [-0.3, -0.25) is 9.89 Å². The number of nitrogens with one attached hydrogen (secondary N) is 2. The van der Waals surface area contributed by atoms with Crippen LogP contribution in [0.3, 0.4) is 0 Å². The zero-order valence-corrected chi connectivity index (χ0v) is 19.8. The fourth-order valence-corrected chi connectivity index (χ4v) is 4.63. The number of likely N-dealkylation sites (tertiary alicyclic amines) is 1. The van der Waals surface area contributed by atoms with Crippen molar-refractivity contribution in [3.05, 3.63) is 23.3 Å². The number of H-pyrrole nitrogens is 1. The van der Waals surface area contributed by atoms with E-state index in [9.17, 15) is 22.4 Å². The Morgan fingerprint density at radius 1 is 1.29 bits per heavy atom. The molecule has 1 unspecified atom stereocenters. The normalized spacial score (nSPS) is 19.1. The molecule has 0 aromatic carbocycles. The molecule has 1 fully saturated rings. The number of carbonyl (C=O) groups is 1. The lowest BCUT2D eigenvalue weighted by Gasteiger charge is -2.38. The number of carbonyl (C=O) groups excluding carboxylic acids is 1. The Balaban J connectivity index is 1.44. The summed E-state index contributed by atoms with van der Waals surface area (Å²) < 4.78 is 57.9. The third-order valence-corrected chi connectivity index (χ3v) is 6.61. The number of rotatable bonds is 8. The molecule has 0 aliphatic carbocycles.